The van der Waals surface area contributed by atoms with Crippen LogP contribution in [0.1, 0.15) is 126 Å². The maximum Gasteiger partial charge on any atom is 0.119 e. The second kappa shape index (κ2) is 15.1. The lowest BCUT2D eigenvalue weighted by Crippen LogP contribution is -2.13. The summed E-state index contributed by atoms with van der Waals surface area (Å²) < 4.78 is 5.88. The number of hydrogen-bond donors (Lipinski definition) is 0. The van der Waals surface area contributed by atoms with E-state index in [0.29, 0.717) is 11.8 Å². The summed E-state index contributed by atoms with van der Waals surface area (Å²) in [5.74, 6) is 10.7. The fraction of sp³-hybridized carbons (Fsp3) is 0.556. The molecule has 0 aliphatic heterocycles. The molecule has 0 saturated heterocycles. The summed E-state index contributed by atoms with van der Waals surface area (Å²) in [7, 11) is 0. The average Bonchev–Trinajstić information content (AvgIpc) is 2.95. The Morgan fingerprint density at radius 3 is 1.97 bits per heavy atom. The third-order valence-corrected chi connectivity index (χ3v) is 8.73. The summed E-state index contributed by atoms with van der Waals surface area (Å²) >= 11 is 0. The SMILES string of the molecule is CCCCCOc1ccc(C2CCC(C=CC#Cc3ccc(C4CCC(CCC)CC4)cc3)CC2)cc1. The number of allylic oxidation sites excluding steroid dienone is 2. The normalized spacial score (nSPS) is 23.9. The van der Waals surface area contributed by atoms with Crippen molar-refractivity contribution in [3.63, 3.8) is 0 Å². The number of hydrogen-bond acceptors (Lipinski definition) is 1. The van der Waals surface area contributed by atoms with Gasteiger partial charge >= 0.3 is 0 Å². The second-order valence-corrected chi connectivity index (χ2v) is 11.5. The van der Waals surface area contributed by atoms with Crippen LogP contribution in [0.5, 0.6) is 5.75 Å². The Morgan fingerprint density at radius 1 is 0.730 bits per heavy atom. The summed E-state index contributed by atoms with van der Waals surface area (Å²) in [4.78, 5) is 0. The van der Waals surface area contributed by atoms with Crippen LogP contribution in [-0.2, 0) is 0 Å². The summed E-state index contributed by atoms with van der Waals surface area (Å²) in [6, 6.07) is 18.0. The first-order valence-electron chi connectivity index (χ1n) is 15.3. The summed E-state index contributed by atoms with van der Waals surface area (Å²) in [5.41, 5.74) is 4.12. The molecule has 2 aromatic carbocycles. The van der Waals surface area contributed by atoms with Crippen molar-refractivity contribution in [1.82, 2.24) is 0 Å². The highest BCUT2D eigenvalue weighted by Gasteiger charge is 2.22. The molecule has 0 heterocycles. The van der Waals surface area contributed by atoms with Gasteiger partial charge in [0.1, 0.15) is 5.75 Å². The van der Waals surface area contributed by atoms with Gasteiger partial charge in [0.25, 0.3) is 0 Å². The maximum absolute atomic E-state index is 5.88. The molecule has 2 aromatic rings. The highest BCUT2D eigenvalue weighted by atomic mass is 16.5. The van der Waals surface area contributed by atoms with Crippen molar-refractivity contribution < 1.29 is 4.74 Å². The number of ether oxygens (including phenoxy) is 1. The molecular formula is C36H48O. The largest absolute Gasteiger partial charge is 0.494 e. The van der Waals surface area contributed by atoms with Crippen LogP contribution in [0.25, 0.3) is 0 Å². The van der Waals surface area contributed by atoms with Crippen LogP contribution in [0, 0.1) is 23.7 Å². The molecule has 2 aliphatic carbocycles. The quantitative estimate of drug-likeness (QED) is 0.235. The van der Waals surface area contributed by atoms with Crippen LogP contribution in [0.3, 0.4) is 0 Å². The first kappa shape index (κ1) is 27.6. The van der Waals surface area contributed by atoms with Gasteiger partial charge < -0.3 is 4.74 Å². The lowest BCUT2D eigenvalue weighted by molar-refractivity contribution is 0.306. The highest BCUT2D eigenvalue weighted by Crippen LogP contribution is 2.38. The van der Waals surface area contributed by atoms with E-state index < -0.39 is 0 Å². The van der Waals surface area contributed by atoms with E-state index >= 15 is 0 Å². The average molecular weight is 497 g/mol. The molecular weight excluding hydrogens is 448 g/mol. The van der Waals surface area contributed by atoms with E-state index in [9.17, 15) is 0 Å². The van der Waals surface area contributed by atoms with Crippen molar-refractivity contribution in [3.8, 4) is 17.6 Å². The van der Waals surface area contributed by atoms with Crippen LogP contribution < -0.4 is 4.74 Å². The van der Waals surface area contributed by atoms with E-state index in [2.05, 4.69) is 86.4 Å². The van der Waals surface area contributed by atoms with Gasteiger partial charge in [0.05, 0.1) is 6.61 Å². The molecule has 1 nitrogen and oxygen atoms in total. The van der Waals surface area contributed by atoms with Gasteiger partial charge in [-0.2, -0.15) is 0 Å². The van der Waals surface area contributed by atoms with Crippen molar-refractivity contribution in [1.29, 1.82) is 0 Å². The molecule has 198 valence electrons. The lowest BCUT2D eigenvalue weighted by Gasteiger charge is -2.28. The Bertz CT molecular complexity index is 987. The Kier molecular flexibility index (Phi) is 11.2. The number of rotatable bonds is 10. The van der Waals surface area contributed by atoms with Gasteiger partial charge in [-0.25, -0.2) is 0 Å². The second-order valence-electron chi connectivity index (χ2n) is 11.5. The number of benzene rings is 2. The molecule has 37 heavy (non-hydrogen) atoms. The first-order chi connectivity index (χ1) is 18.2. The zero-order chi connectivity index (χ0) is 25.7. The van der Waals surface area contributed by atoms with Crippen molar-refractivity contribution in [2.45, 2.75) is 109 Å². The van der Waals surface area contributed by atoms with Crippen molar-refractivity contribution in [2.75, 3.05) is 6.61 Å². The molecule has 0 radical (unpaired) electrons. The zero-order valence-electron chi connectivity index (χ0n) is 23.4. The topological polar surface area (TPSA) is 9.23 Å². The molecule has 0 bridgehead atoms. The molecule has 0 aromatic heterocycles. The Hall–Kier alpha value is -2.46. The molecule has 0 N–H and O–H groups in total. The molecule has 4 rings (SSSR count). The third kappa shape index (κ3) is 8.81. The Labute approximate surface area is 227 Å². The van der Waals surface area contributed by atoms with E-state index in [0.717, 1.165) is 36.2 Å². The Balaban J connectivity index is 1.18. The predicted molar refractivity (Wildman–Crippen MR) is 158 cm³/mol. The van der Waals surface area contributed by atoms with Gasteiger partial charge in [-0.3, -0.25) is 0 Å². The molecule has 0 spiro atoms. The summed E-state index contributed by atoms with van der Waals surface area (Å²) in [5, 5.41) is 0. The van der Waals surface area contributed by atoms with Gasteiger partial charge in [0.2, 0.25) is 0 Å². The van der Waals surface area contributed by atoms with Crippen molar-refractivity contribution >= 4 is 0 Å². The molecule has 2 fully saturated rings. The minimum absolute atomic E-state index is 0.664. The van der Waals surface area contributed by atoms with Crippen LogP contribution in [0.15, 0.2) is 60.7 Å². The van der Waals surface area contributed by atoms with Crippen LogP contribution in [0.4, 0.5) is 0 Å². The van der Waals surface area contributed by atoms with Gasteiger partial charge in [-0.15, -0.1) is 0 Å². The smallest absolute Gasteiger partial charge is 0.119 e. The summed E-state index contributed by atoms with van der Waals surface area (Å²) in [6.45, 7) is 5.38. The van der Waals surface area contributed by atoms with Gasteiger partial charge in [-0.1, -0.05) is 81.7 Å². The minimum atomic E-state index is 0.664. The predicted octanol–water partition coefficient (Wildman–Crippen LogP) is 10.2. The van der Waals surface area contributed by atoms with E-state index in [1.165, 1.54) is 88.2 Å². The van der Waals surface area contributed by atoms with Gasteiger partial charge in [0.15, 0.2) is 0 Å². The zero-order valence-corrected chi connectivity index (χ0v) is 23.4. The fourth-order valence-electron chi connectivity index (χ4n) is 6.36. The van der Waals surface area contributed by atoms with Gasteiger partial charge in [0, 0.05) is 5.56 Å². The van der Waals surface area contributed by atoms with Crippen LogP contribution in [0.2, 0.25) is 0 Å². The maximum atomic E-state index is 5.88. The van der Waals surface area contributed by atoms with Gasteiger partial charge in [-0.05, 0) is 123 Å². The number of unbranched alkanes of at least 4 members (excludes halogenated alkanes) is 2. The van der Waals surface area contributed by atoms with E-state index in [1.807, 2.05) is 0 Å². The molecule has 1 heteroatoms. The lowest BCUT2D eigenvalue weighted by atomic mass is 9.77. The van der Waals surface area contributed by atoms with Crippen LogP contribution >= 0.6 is 0 Å². The van der Waals surface area contributed by atoms with E-state index in [4.69, 9.17) is 4.74 Å². The molecule has 0 atom stereocenters. The molecule has 0 amide bonds. The highest BCUT2D eigenvalue weighted by molar-refractivity contribution is 5.39. The monoisotopic (exact) mass is 496 g/mol. The van der Waals surface area contributed by atoms with Crippen LogP contribution in [-0.4, -0.2) is 6.61 Å². The molecule has 2 aliphatic rings. The van der Waals surface area contributed by atoms with Crippen molar-refractivity contribution in [2.24, 2.45) is 11.8 Å². The summed E-state index contributed by atoms with van der Waals surface area (Å²) in [6.07, 6.45) is 21.4. The molecule has 2 saturated carbocycles. The minimum Gasteiger partial charge on any atom is -0.494 e. The molecule has 0 unspecified atom stereocenters. The van der Waals surface area contributed by atoms with E-state index in [1.54, 1.807) is 0 Å². The van der Waals surface area contributed by atoms with Crippen molar-refractivity contribution in [3.05, 3.63) is 77.4 Å². The standard InChI is InChI=1S/C36H48O/c1-3-5-8-28-37-36-26-24-35(25-27-36)34-22-16-31(17-23-34)11-7-6-10-30-14-20-33(21-15-30)32-18-12-29(9-4-2)13-19-32/h7,11,14-15,20-21,24-27,29,31-32,34H,3-5,8-9,12-13,16-19,22-23,28H2,1-2H3. The van der Waals surface area contributed by atoms with E-state index in [-0.39, 0.29) is 0 Å². The fourth-order valence-corrected chi connectivity index (χ4v) is 6.36. The third-order valence-electron chi connectivity index (χ3n) is 8.73. The Morgan fingerprint density at radius 2 is 1.35 bits per heavy atom. The first-order valence-corrected chi connectivity index (χ1v) is 15.3.